The van der Waals surface area contributed by atoms with Gasteiger partial charge in [0.2, 0.25) is 5.76 Å². The quantitative estimate of drug-likeness (QED) is 0.606. The Morgan fingerprint density at radius 3 is 2.27 bits per heavy atom. The van der Waals surface area contributed by atoms with Gasteiger partial charge in [-0.25, -0.2) is 0 Å². The van der Waals surface area contributed by atoms with Crippen LogP contribution in [0.1, 0.15) is 11.5 Å². The Morgan fingerprint density at radius 1 is 1.27 bits per heavy atom. The van der Waals surface area contributed by atoms with Crippen LogP contribution in [0, 0.1) is 0 Å². The first-order chi connectivity index (χ1) is 6.68. The van der Waals surface area contributed by atoms with Crippen LogP contribution < -0.4 is 0 Å². The van der Waals surface area contributed by atoms with Crippen LogP contribution in [0.4, 0.5) is 17.1 Å². The molecule has 0 aliphatic heterocycles. The van der Waals surface area contributed by atoms with Crippen LogP contribution in [0.25, 0.3) is 0 Å². The van der Waals surface area contributed by atoms with E-state index in [1.54, 1.807) is 0 Å². The minimum absolute atomic E-state index is 0.219. The maximum Gasteiger partial charge on any atom is 0.449 e. The van der Waals surface area contributed by atoms with Gasteiger partial charge in [-0.1, -0.05) is 0 Å². The zero-order valence-corrected chi connectivity index (χ0v) is 8.03. The Hall–Kier alpha value is -1.05. The molecule has 1 aromatic rings. The summed E-state index contributed by atoms with van der Waals surface area (Å²) in [5.74, 6) is -2.34. The second kappa shape index (κ2) is 3.84. The van der Waals surface area contributed by atoms with Crippen molar-refractivity contribution >= 4 is 10.2 Å². The highest BCUT2D eigenvalue weighted by Gasteiger charge is 2.34. The van der Waals surface area contributed by atoms with Crippen molar-refractivity contribution in [3.8, 4) is 0 Å². The first kappa shape index (κ1) is 12.0. The van der Waals surface area contributed by atoms with Crippen molar-refractivity contribution < 1.29 is 29.9 Å². The molecule has 0 radical (unpaired) electrons. The smallest absolute Gasteiger partial charge is 0.449 e. The van der Waals surface area contributed by atoms with Crippen LogP contribution in [-0.2, 0) is 22.8 Å². The van der Waals surface area contributed by atoms with Crippen LogP contribution in [0.5, 0.6) is 0 Å². The molecule has 0 aliphatic carbocycles. The molecule has 0 aromatic carbocycles. The van der Waals surface area contributed by atoms with E-state index >= 15 is 0 Å². The lowest BCUT2D eigenvalue weighted by Crippen LogP contribution is -2.03. The fourth-order valence-electron chi connectivity index (χ4n) is 0.887. The van der Waals surface area contributed by atoms with Gasteiger partial charge in [0.05, 0.1) is 5.75 Å². The second-order valence-corrected chi connectivity index (χ2v) is 4.24. The van der Waals surface area contributed by atoms with Gasteiger partial charge in [0.25, 0.3) is 0 Å². The molecule has 0 spiro atoms. The molecule has 0 aliphatic rings. The average Bonchev–Trinajstić information content (AvgIpc) is 2.45. The summed E-state index contributed by atoms with van der Waals surface area (Å²) in [6, 6.07) is 1.63. The van der Waals surface area contributed by atoms with Gasteiger partial charge in [-0.05, 0) is 12.1 Å². The number of halogens is 4. The van der Waals surface area contributed by atoms with E-state index in [2.05, 4.69) is 4.42 Å². The fourth-order valence-corrected chi connectivity index (χ4v) is 1.33. The fraction of sp³-hybridized carbons (Fsp3) is 0.429. The van der Waals surface area contributed by atoms with Crippen molar-refractivity contribution in [1.29, 1.82) is 0 Å². The molecule has 3 nitrogen and oxygen atoms in total. The zero-order valence-electron chi connectivity index (χ0n) is 7.21. The predicted molar refractivity (Wildman–Crippen MR) is 42.3 cm³/mol. The Bertz CT molecular complexity index is 431. The highest BCUT2D eigenvalue weighted by molar-refractivity contribution is 7.86. The van der Waals surface area contributed by atoms with Gasteiger partial charge in [-0.15, -0.1) is 3.89 Å². The minimum atomic E-state index is -4.69. The van der Waals surface area contributed by atoms with Crippen molar-refractivity contribution in [2.45, 2.75) is 12.6 Å². The summed E-state index contributed by atoms with van der Waals surface area (Å²) < 4.78 is 72.4. The summed E-state index contributed by atoms with van der Waals surface area (Å²) >= 11 is 0. The molecule has 0 atom stereocenters. The molecule has 1 aromatic heterocycles. The molecule has 8 heteroatoms. The second-order valence-electron chi connectivity index (χ2n) is 2.76. The molecule has 0 N–H and O–H groups in total. The molecule has 0 amide bonds. The van der Waals surface area contributed by atoms with E-state index in [1.165, 1.54) is 0 Å². The third kappa shape index (κ3) is 3.90. The third-order valence-corrected chi connectivity index (χ3v) is 2.23. The molecule has 15 heavy (non-hydrogen) atoms. The summed E-state index contributed by atoms with van der Waals surface area (Å²) in [6.07, 6.45) is -5.04. The Kier molecular flexibility index (Phi) is 3.08. The number of aryl methyl sites for hydroxylation is 1. The lowest BCUT2D eigenvalue weighted by atomic mass is 10.3. The molecular weight excluding hydrogens is 240 g/mol. The van der Waals surface area contributed by atoms with Crippen molar-refractivity contribution in [3.05, 3.63) is 23.7 Å². The summed E-state index contributed by atoms with van der Waals surface area (Å²) in [7, 11) is -4.69. The Balaban J connectivity index is 2.70. The van der Waals surface area contributed by atoms with E-state index in [0.717, 1.165) is 6.07 Å². The van der Waals surface area contributed by atoms with Gasteiger partial charge in [-0.2, -0.15) is 21.6 Å². The van der Waals surface area contributed by atoms with Crippen molar-refractivity contribution in [2.75, 3.05) is 5.75 Å². The maximum atomic E-state index is 12.0. The Morgan fingerprint density at radius 2 is 1.87 bits per heavy atom. The summed E-state index contributed by atoms with van der Waals surface area (Å²) in [5, 5.41) is 0. The lowest BCUT2D eigenvalue weighted by Gasteiger charge is -2.00. The average molecular weight is 246 g/mol. The normalized spacial score (nSPS) is 13.1. The number of hydrogen-bond donors (Lipinski definition) is 0. The van der Waals surface area contributed by atoms with Gasteiger partial charge in [0, 0.05) is 6.42 Å². The SMILES string of the molecule is O=S(=O)(F)CCc1ccc(C(F)(F)F)o1. The molecule has 86 valence electrons. The molecule has 0 unspecified atom stereocenters. The molecule has 1 heterocycles. The molecule has 0 saturated carbocycles. The van der Waals surface area contributed by atoms with Gasteiger partial charge in [0.1, 0.15) is 5.76 Å². The summed E-state index contributed by atoms with van der Waals surface area (Å²) in [6.45, 7) is 0. The zero-order chi connectivity index (χ0) is 11.7. The van der Waals surface area contributed by atoms with Crippen molar-refractivity contribution in [1.82, 2.24) is 0 Å². The van der Waals surface area contributed by atoms with Crippen molar-refractivity contribution in [2.24, 2.45) is 0 Å². The first-order valence-electron chi connectivity index (χ1n) is 3.77. The van der Waals surface area contributed by atoms with E-state index in [4.69, 9.17) is 0 Å². The number of hydrogen-bond acceptors (Lipinski definition) is 3. The lowest BCUT2D eigenvalue weighted by molar-refractivity contribution is -0.153. The maximum absolute atomic E-state index is 12.0. The summed E-state index contributed by atoms with van der Waals surface area (Å²) in [5.41, 5.74) is 0. The monoisotopic (exact) mass is 246 g/mol. The van der Waals surface area contributed by atoms with Crippen LogP contribution in [-0.4, -0.2) is 14.2 Å². The van der Waals surface area contributed by atoms with Crippen LogP contribution in [0.15, 0.2) is 16.5 Å². The van der Waals surface area contributed by atoms with E-state index in [-0.39, 0.29) is 5.76 Å². The van der Waals surface area contributed by atoms with E-state index in [9.17, 15) is 25.5 Å². The number of rotatable bonds is 3. The standard InChI is InChI=1S/C7H6F4O3S/c8-7(9,10)6-2-1-5(14-6)3-4-15(11,12)13/h1-2H,3-4H2. The summed E-state index contributed by atoms with van der Waals surface area (Å²) in [4.78, 5) is 0. The molecular formula is C7H6F4O3S. The van der Waals surface area contributed by atoms with E-state index < -0.39 is 34.3 Å². The van der Waals surface area contributed by atoms with E-state index in [0.29, 0.717) is 6.07 Å². The van der Waals surface area contributed by atoms with E-state index in [1.807, 2.05) is 0 Å². The third-order valence-electron chi connectivity index (χ3n) is 1.53. The van der Waals surface area contributed by atoms with Crippen molar-refractivity contribution in [3.63, 3.8) is 0 Å². The van der Waals surface area contributed by atoms with Crippen LogP contribution >= 0.6 is 0 Å². The van der Waals surface area contributed by atoms with Gasteiger partial charge in [0.15, 0.2) is 0 Å². The van der Waals surface area contributed by atoms with Crippen LogP contribution in [0.3, 0.4) is 0 Å². The predicted octanol–water partition coefficient (Wildman–Crippen LogP) is 2.14. The topological polar surface area (TPSA) is 47.3 Å². The molecule has 0 bridgehead atoms. The number of alkyl halides is 3. The number of furan rings is 1. The highest BCUT2D eigenvalue weighted by Crippen LogP contribution is 2.30. The molecule has 1 rings (SSSR count). The molecule has 0 fully saturated rings. The Labute approximate surface area is 82.9 Å². The first-order valence-corrected chi connectivity index (χ1v) is 5.32. The van der Waals surface area contributed by atoms with Gasteiger partial charge in [-0.3, -0.25) is 0 Å². The minimum Gasteiger partial charge on any atom is -0.456 e. The van der Waals surface area contributed by atoms with Crippen LogP contribution in [0.2, 0.25) is 0 Å². The molecule has 0 saturated heterocycles. The van der Waals surface area contributed by atoms with Gasteiger partial charge < -0.3 is 4.42 Å². The van der Waals surface area contributed by atoms with Gasteiger partial charge >= 0.3 is 16.4 Å². The highest BCUT2D eigenvalue weighted by atomic mass is 32.3. The largest absolute Gasteiger partial charge is 0.456 e.